The molecule has 0 aliphatic heterocycles. The van der Waals surface area contributed by atoms with Crippen molar-refractivity contribution in [1.29, 1.82) is 0 Å². The predicted molar refractivity (Wildman–Crippen MR) is 60.6 cm³/mol. The first-order chi connectivity index (χ1) is 6.81. The van der Waals surface area contributed by atoms with Crippen LogP contribution in [0.5, 0.6) is 0 Å². The van der Waals surface area contributed by atoms with Crippen molar-refractivity contribution in [3.63, 3.8) is 0 Å². The Hall–Kier alpha value is -0.520. The third-order valence-electron chi connectivity index (χ3n) is 2.12. The van der Waals surface area contributed by atoms with Gasteiger partial charge in [0.05, 0.1) is 11.2 Å². The molecule has 1 atom stereocenters. The van der Waals surface area contributed by atoms with Gasteiger partial charge >= 0.3 is 0 Å². The average Bonchev–Trinajstić information content (AvgIpc) is 2.82. The Kier molecular flexibility index (Phi) is 3.10. The van der Waals surface area contributed by atoms with Crippen LogP contribution in [0.4, 0.5) is 0 Å². The average molecular weight is 228 g/mol. The van der Waals surface area contributed by atoms with Crippen LogP contribution in [0.1, 0.15) is 24.6 Å². The molecule has 0 spiro atoms. The maximum absolute atomic E-state index is 5.33. The van der Waals surface area contributed by atoms with Gasteiger partial charge in [0.2, 0.25) is 0 Å². The minimum Gasteiger partial charge on any atom is -0.374 e. The molecule has 1 saturated carbocycles. The van der Waals surface area contributed by atoms with Crippen molar-refractivity contribution < 1.29 is 4.74 Å². The predicted octanol–water partition coefficient (Wildman–Crippen LogP) is 1.91. The number of nitrogens with one attached hydrogen (secondary N) is 1. The van der Waals surface area contributed by atoms with E-state index in [2.05, 4.69) is 10.3 Å². The molecule has 1 heterocycles. The molecule has 1 unspecified atom stereocenters. The monoisotopic (exact) mass is 228 g/mol. The molecule has 14 heavy (non-hydrogen) atoms. The number of methoxy groups -OCH3 is 1. The van der Waals surface area contributed by atoms with E-state index in [-0.39, 0.29) is 6.10 Å². The first-order valence-corrected chi connectivity index (χ1v) is 5.87. The van der Waals surface area contributed by atoms with Gasteiger partial charge in [0, 0.05) is 18.5 Å². The lowest BCUT2D eigenvalue weighted by molar-refractivity contribution is 0.154. The Bertz CT molecular complexity index is 309. The van der Waals surface area contributed by atoms with Crippen molar-refractivity contribution in [3.05, 3.63) is 16.6 Å². The summed E-state index contributed by atoms with van der Waals surface area (Å²) in [7, 11) is 1.66. The fourth-order valence-electron chi connectivity index (χ4n) is 1.22. The van der Waals surface area contributed by atoms with Crippen LogP contribution in [0.15, 0.2) is 10.9 Å². The lowest BCUT2D eigenvalue weighted by atomic mass is 10.2. The highest BCUT2D eigenvalue weighted by Crippen LogP contribution is 2.23. The summed E-state index contributed by atoms with van der Waals surface area (Å²) >= 11 is 6.82. The van der Waals surface area contributed by atoms with Gasteiger partial charge in [-0.25, -0.2) is 4.98 Å². The van der Waals surface area contributed by atoms with Gasteiger partial charge in [0.15, 0.2) is 0 Å². The maximum Gasteiger partial charge on any atom is 0.150 e. The number of hydrogen-bond donors (Lipinski definition) is 1. The van der Waals surface area contributed by atoms with Crippen molar-refractivity contribution in [3.8, 4) is 0 Å². The number of aromatic nitrogens is 1. The molecule has 5 heteroatoms. The van der Waals surface area contributed by atoms with Crippen molar-refractivity contribution in [2.75, 3.05) is 7.11 Å². The van der Waals surface area contributed by atoms with Gasteiger partial charge in [-0.15, -0.1) is 11.3 Å². The number of thiocarbonyl (C=S) groups is 1. The fraction of sp³-hybridized carbons (Fsp3) is 0.556. The first-order valence-electron chi connectivity index (χ1n) is 4.52. The second kappa shape index (κ2) is 4.33. The maximum atomic E-state index is 5.33. The summed E-state index contributed by atoms with van der Waals surface area (Å²) in [5, 5.41) is 5.23. The SMILES string of the molecule is COC(C(=S)NC1CC1)c1cscn1. The molecule has 0 amide bonds. The number of thiazole rings is 1. The Morgan fingerprint density at radius 1 is 1.79 bits per heavy atom. The number of hydrogen-bond acceptors (Lipinski definition) is 4. The Labute approximate surface area is 92.5 Å². The summed E-state index contributed by atoms with van der Waals surface area (Å²) in [6.45, 7) is 0. The van der Waals surface area contributed by atoms with Crippen molar-refractivity contribution in [2.24, 2.45) is 0 Å². The summed E-state index contributed by atoms with van der Waals surface area (Å²) < 4.78 is 5.33. The smallest absolute Gasteiger partial charge is 0.150 e. The van der Waals surface area contributed by atoms with Crippen LogP contribution in [-0.4, -0.2) is 23.1 Å². The zero-order valence-electron chi connectivity index (χ0n) is 7.90. The summed E-state index contributed by atoms with van der Waals surface area (Å²) in [5.74, 6) is 0. The van der Waals surface area contributed by atoms with Gasteiger partial charge in [-0.05, 0) is 12.8 Å². The molecule has 1 fully saturated rings. The van der Waals surface area contributed by atoms with E-state index in [1.54, 1.807) is 24.0 Å². The summed E-state index contributed by atoms with van der Waals surface area (Å²) in [5.41, 5.74) is 2.69. The second-order valence-electron chi connectivity index (χ2n) is 3.31. The van der Waals surface area contributed by atoms with Crippen LogP contribution in [0.2, 0.25) is 0 Å². The van der Waals surface area contributed by atoms with Gasteiger partial charge in [0.1, 0.15) is 11.1 Å². The molecule has 1 aliphatic rings. The minimum atomic E-state index is -0.183. The summed E-state index contributed by atoms with van der Waals surface area (Å²) in [6, 6.07) is 0.568. The normalized spacial score (nSPS) is 17.8. The molecule has 1 aromatic rings. The van der Waals surface area contributed by atoms with E-state index >= 15 is 0 Å². The van der Waals surface area contributed by atoms with Crippen LogP contribution in [-0.2, 0) is 4.74 Å². The van der Waals surface area contributed by atoms with Crippen LogP contribution >= 0.6 is 23.6 Å². The molecular weight excluding hydrogens is 216 g/mol. The Balaban J connectivity index is 2.00. The number of ether oxygens (including phenoxy) is 1. The summed E-state index contributed by atoms with van der Waals surface area (Å²) in [4.78, 5) is 4.95. The highest BCUT2D eigenvalue weighted by Gasteiger charge is 2.26. The minimum absolute atomic E-state index is 0.183. The first kappa shape index (κ1) is 10.0. The van der Waals surface area contributed by atoms with Crippen LogP contribution < -0.4 is 5.32 Å². The molecule has 1 N–H and O–H groups in total. The third-order valence-corrected chi connectivity index (χ3v) is 3.05. The molecular formula is C9H12N2OS2. The van der Waals surface area contributed by atoms with E-state index < -0.39 is 0 Å². The molecule has 0 aromatic carbocycles. The van der Waals surface area contributed by atoms with E-state index in [0.29, 0.717) is 6.04 Å². The number of nitrogens with zero attached hydrogens (tertiary/aromatic N) is 1. The standard InChI is InChI=1S/C9H12N2OS2/c1-12-8(7-4-14-5-10-7)9(13)11-6-2-3-6/h4-6,8H,2-3H2,1H3,(H,11,13). The van der Waals surface area contributed by atoms with E-state index in [9.17, 15) is 0 Å². The molecule has 76 valence electrons. The fourth-order valence-corrected chi connectivity index (χ4v) is 2.17. The van der Waals surface area contributed by atoms with Gasteiger partial charge in [-0.2, -0.15) is 0 Å². The van der Waals surface area contributed by atoms with E-state index in [4.69, 9.17) is 17.0 Å². The zero-order chi connectivity index (χ0) is 9.97. The largest absolute Gasteiger partial charge is 0.374 e. The topological polar surface area (TPSA) is 34.1 Å². The zero-order valence-corrected chi connectivity index (χ0v) is 9.53. The molecule has 0 saturated heterocycles. The lowest BCUT2D eigenvalue weighted by Gasteiger charge is -2.15. The van der Waals surface area contributed by atoms with Gasteiger partial charge in [-0.3, -0.25) is 0 Å². The molecule has 0 radical (unpaired) electrons. The highest BCUT2D eigenvalue weighted by atomic mass is 32.1. The molecule has 0 bridgehead atoms. The van der Waals surface area contributed by atoms with Crippen molar-refractivity contribution in [1.82, 2.24) is 10.3 Å². The van der Waals surface area contributed by atoms with E-state index in [1.807, 2.05) is 5.38 Å². The highest BCUT2D eigenvalue weighted by molar-refractivity contribution is 7.80. The van der Waals surface area contributed by atoms with Crippen molar-refractivity contribution in [2.45, 2.75) is 25.0 Å². The van der Waals surface area contributed by atoms with E-state index in [1.165, 1.54) is 12.8 Å². The number of rotatable bonds is 4. The third kappa shape index (κ3) is 2.29. The van der Waals surface area contributed by atoms with Crippen LogP contribution in [0.3, 0.4) is 0 Å². The molecule has 2 rings (SSSR count). The van der Waals surface area contributed by atoms with Crippen LogP contribution in [0.25, 0.3) is 0 Å². The van der Waals surface area contributed by atoms with Crippen molar-refractivity contribution >= 4 is 28.5 Å². The van der Waals surface area contributed by atoms with Gasteiger partial charge < -0.3 is 10.1 Å². The Morgan fingerprint density at radius 3 is 3.07 bits per heavy atom. The molecule has 1 aromatic heterocycles. The van der Waals surface area contributed by atoms with E-state index in [0.717, 1.165) is 10.7 Å². The summed E-state index contributed by atoms with van der Waals surface area (Å²) in [6.07, 6.45) is 2.25. The quantitative estimate of drug-likeness (QED) is 0.798. The van der Waals surface area contributed by atoms with Gasteiger partial charge in [-0.1, -0.05) is 12.2 Å². The van der Waals surface area contributed by atoms with Gasteiger partial charge in [0.25, 0.3) is 0 Å². The molecule has 1 aliphatic carbocycles. The Morgan fingerprint density at radius 2 is 2.57 bits per heavy atom. The second-order valence-corrected chi connectivity index (χ2v) is 4.47. The lowest BCUT2D eigenvalue weighted by Crippen LogP contribution is -2.30. The molecule has 3 nitrogen and oxygen atoms in total. The van der Waals surface area contributed by atoms with Crippen LogP contribution in [0, 0.1) is 0 Å².